The van der Waals surface area contributed by atoms with Gasteiger partial charge in [-0.25, -0.2) is 0 Å². The van der Waals surface area contributed by atoms with E-state index in [1.807, 2.05) is 0 Å². The van der Waals surface area contributed by atoms with Crippen molar-refractivity contribution in [3.63, 3.8) is 0 Å². The maximum Gasteiger partial charge on any atom is 0.0131 e. The van der Waals surface area contributed by atoms with Crippen molar-refractivity contribution in [1.29, 1.82) is 0 Å². The Kier molecular flexibility index (Phi) is 3.74. The molecule has 1 unspecified atom stereocenters. The lowest BCUT2D eigenvalue weighted by Crippen LogP contribution is -2.36. The van der Waals surface area contributed by atoms with Gasteiger partial charge < -0.3 is 10.2 Å². The van der Waals surface area contributed by atoms with Gasteiger partial charge in [0.25, 0.3) is 0 Å². The van der Waals surface area contributed by atoms with Crippen LogP contribution in [0.3, 0.4) is 0 Å². The molecule has 0 aliphatic carbocycles. The van der Waals surface area contributed by atoms with Crippen LogP contribution in [0.15, 0.2) is 0 Å². The van der Waals surface area contributed by atoms with Gasteiger partial charge in [-0.15, -0.1) is 0 Å². The molecule has 2 nitrogen and oxygen atoms in total. The summed E-state index contributed by atoms with van der Waals surface area (Å²) in [6.07, 6.45) is 2.62. The molecule has 1 aliphatic rings. The second-order valence-corrected chi connectivity index (χ2v) is 4.93. The molecule has 1 fully saturated rings. The third-order valence-electron chi connectivity index (χ3n) is 3.44. The maximum atomic E-state index is 3.60. The zero-order chi connectivity index (χ0) is 9.90. The molecule has 1 atom stereocenters. The number of hydrogen-bond acceptors (Lipinski definition) is 2. The largest absolute Gasteiger partial charge is 0.313 e. The van der Waals surface area contributed by atoms with Crippen LogP contribution < -0.4 is 5.32 Å². The van der Waals surface area contributed by atoms with Gasteiger partial charge in [0.2, 0.25) is 0 Å². The van der Waals surface area contributed by atoms with Crippen molar-refractivity contribution >= 4 is 0 Å². The van der Waals surface area contributed by atoms with E-state index in [1.54, 1.807) is 0 Å². The Morgan fingerprint density at radius 2 is 2.15 bits per heavy atom. The Balaban J connectivity index is 2.28. The number of nitrogens with one attached hydrogen (secondary N) is 1. The predicted octanol–water partition coefficient (Wildman–Crippen LogP) is 1.72. The summed E-state index contributed by atoms with van der Waals surface area (Å²) in [4.78, 5) is 2.38. The summed E-state index contributed by atoms with van der Waals surface area (Å²) in [7, 11) is 2.20. The second-order valence-electron chi connectivity index (χ2n) is 4.93. The molecule has 13 heavy (non-hydrogen) atoms. The van der Waals surface area contributed by atoms with Crippen molar-refractivity contribution in [3.05, 3.63) is 0 Å². The van der Waals surface area contributed by atoms with Crippen LogP contribution in [-0.2, 0) is 0 Å². The molecule has 1 N–H and O–H groups in total. The van der Waals surface area contributed by atoms with Gasteiger partial charge in [-0.05, 0) is 44.9 Å². The van der Waals surface area contributed by atoms with Crippen LogP contribution in [-0.4, -0.2) is 37.6 Å². The lowest BCUT2D eigenvalue weighted by molar-refractivity contribution is 0.257. The maximum absolute atomic E-state index is 3.60. The van der Waals surface area contributed by atoms with E-state index in [1.165, 1.54) is 25.9 Å². The molecule has 78 valence electrons. The minimum Gasteiger partial charge on any atom is -0.313 e. The predicted molar refractivity (Wildman–Crippen MR) is 58.0 cm³/mol. The zero-order valence-electron chi connectivity index (χ0n) is 9.56. The fourth-order valence-electron chi connectivity index (χ4n) is 2.02. The van der Waals surface area contributed by atoms with Crippen LogP contribution in [0, 0.1) is 5.41 Å². The highest BCUT2D eigenvalue weighted by molar-refractivity contribution is 4.90. The van der Waals surface area contributed by atoms with Crippen LogP contribution >= 0.6 is 0 Å². The Morgan fingerprint density at radius 3 is 2.62 bits per heavy atom. The normalized spacial score (nSPS) is 27.0. The van der Waals surface area contributed by atoms with E-state index < -0.39 is 0 Å². The van der Waals surface area contributed by atoms with E-state index in [0.29, 0.717) is 5.41 Å². The molecule has 2 heteroatoms. The third kappa shape index (κ3) is 2.96. The fraction of sp³-hybridized carbons (Fsp3) is 1.00. The van der Waals surface area contributed by atoms with E-state index in [-0.39, 0.29) is 0 Å². The molecular weight excluding hydrogens is 160 g/mol. The molecule has 0 saturated carbocycles. The molecule has 0 spiro atoms. The van der Waals surface area contributed by atoms with Crippen molar-refractivity contribution in [2.75, 3.05) is 26.7 Å². The van der Waals surface area contributed by atoms with Gasteiger partial charge in [-0.2, -0.15) is 0 Å². The van der Waals surface area contributed by atoms with Crippen molar-refractivity contribution in [1.82, 2.24) is 10.2 Å². The standard InChI is InChI=1S/C11H24N2/c1-5-13(4)9-6-10-11(2,3)7-8-12-10/h10,12H,5-9H2,1-4H3. The third-order valence-corrected chi connectivity index (χ3v) is 3.44. The van der Waals surface area contributed by atoms with Gasteiger partial charge in [0.1, 0.15) is 0 Å². The Labute approximate surface area is 82.7 Å². The highest BCUT2D eigenvalue weighted by Gasteiger charge is 2.33. The SMILES string of the molecule is CCN(C)CCC1NCCC1(C)C. The first-order valence-electron chi connectivity index (χ1n) is 5.48. The van der Waals surface area contributed by atoms with Crippen LogP contribution in [0.1, 0.15) is 33.6 Å². The second kappa shape index (κ2) is 4.43. The summed E-state index contributed by atoms with van der Waals surface area (Å²) < 4.78 is 0. The molecule has 1 saturated heterocycles. The fourth-order valence-corrected chi connectivity index (χ4v) is 2.02. The van der Waals surface area contributed by atoms with Crippen molar-refractivity contribution in [2.24, 2.45) is 5.41 Å². The van der Waals surface area contributed by atoms with Crippen molar-refractivity contribution < 1.29 is 0 Å². The first kappa shape index (κ1) is 11.0. The molecule has 1 heterocycles. The molecule has 0 aromatic rings. The molecule has 1 aliphatic heterocycles. The van der Waals surface area contributed by atoms with Crippen LogP contribution in [0.4, 0.5) is 0 Å². The highest BCUT2D eigenvalue weighted by atomic mass is 15.1. The van der Waals surface area contributed by atoms with Gasteiger partial charge in [0.15, 0.2) is 0 Å². The summed E-state index contributed by atoms with van der Waals surface area (Å²) in [5.74, 6) is 0. The topological polar surface area (TPSA) is 15.3 Å². The lowest BCUT2D eigenvalue weighted by atomic mass is 9.83. The minimum atomic E-state index is 0.509. The molecule has 0 bridgehead atoms. The van der Waals surface area contributed by atoms with Gasteiger partial charge in [0.05, 0.1) is 0 Å². The van der Waals surface area contributed by atoms with E-state index in [9.17, 15) is 0 Å². The molecule has 0 aromatic heterocycles. The smallest absolute Gasteiger partial charge is 0.0131 e. The first-order chi connectivity index (χ1) is 6.06. The Hall–Kier alpha value is -0.0800. The van der Waals surface area contributed by atoms with Crippen LogP contribution in [0.2, 0.25) is 0 Å². The molecule has 0 radical (unpaired) electrons. The van der Waals surface area contributed by atoms with Gasteiger partial charge >= 0.3 is 0 Å². The number of nitrogens with zero attached hydrogens (tertiary/aromatic N) is 1. The summed E-state index contributed by atoms with van der Waals surface area (Å²) in [6, 6.07) is 0.724. The Bertz CT molecular complexity index is 154. The van der Waals surface area contributed by atoms with E-state index >= 15 is 0 Å². The van der Waals surface area contributed by atoms with Crippen LogP contribution in [0.25, 0.3) is 0 Å². The highest BCUT2D eigenvalue weighted by Crippen LogP contribution is 2.31. The molecule has 1 rings (SSSR count). The average Bonchev–Trinajstić information content (AvgIpc) is 2.41. The first-order valence-corrected chi connectivity index (χ1v) is 5.48. The summed E-state index contributed by atoms with van der Waals surface area (Å²) in [5, 5.41) is 3.60. The number of hydrogen-bond donors (Lipinski definition) is 1. The molecule has 0 aromatic carbocycles. The zero-order valence-corrected chi connectivity index (χ0v) is 9.56. The van der Waals surface area contributed by atoms with Gasteiger partial charge in [-0.1, -0.05) is 20.8 Å². The van der Waals surface area contributed by atoms with E-state index in [0.717, 1.165) is 12.6 Å². The van der Waals surface area contributed by atoms with Crippen molar-refractivity contribution in [2.45, 2.75) is 39.7 Å². The molecule has 0 amide bonds. The minimum absolute atomic E-state index is 0.509. The summed E-state index contributed by atoms with van der Waals surface area (Å²) in [6.45, 7) is 10.6. The van der Waals surface area contributed by atoms with Crippen LogP contribution in [0.5, 0.6) is 0 Å². The monoisotopic (exact) mass is 184 g/mol. The van der Waals surface area contributed by atoms with Gasteiger partial charge in [-0.3, -0.25) is 0 Å². The Morgan fingerprint density at radius 1 is 1.46 bits per heavy atom. The summed E-state index contributed by atoms with van der Waals surface area (Å²) >= 11 is 0. The molecular formula is C11H24N2. The lowest BCUT2D eigenvalue weighted by Gasteiger charge is -2.28. The van der Waals surface area contributed by atoms with E-state index in [4.69, 9.17) is 0 Å². The average molecular weight is 184 g/mol. The number of rotatable bonds is 4. The van der Waals surface area contributed by atoms with Crippen molar-refractivity contribution in [3.8, 4) is 0 Å². The summed E-state index contributed by atoms with van der Waals surface area (Å²) in [5.41, 5.74) is 0.509. The van der Waals surface area contributed by atoms with Gasteiger partial charge in [0, 0.05) is 6.04 Å². The van der Waals surface area contributed by atoms with E-state index in [2.05, 4.69) is 38.0 Å². The quantitative estimate of drug-likeness (QED) is 0.715.